The van der Waals surface area contributed by atoms with Gasteiger partial charge in [-0.25, -0.2) is 0 Å². The van der Waals surface area contributed by atoms with Crippen molar-refractivity contribution in [1.82, 2.24) is 0 Å². The Morgan fingerprint density at radius 2 is 1.91 bits per heavy atom. The molecule has 0 heterocycles. The van der Waals surface area contributed by atoms with Gasteiger partial charge >= 0.3 is 0 Å². The molecule has 0 aliphatic heterocycles. The third kappa shape index (κ3) is 4.23. The molecule has 0 aliphatic carbocycles. The van der Waals surface area contributed by atoms with E-state index in [0.717, 1.165) is 12.0 Å². The van der Waals surface area contributed by atoms with E-state index < -0.39 is 4.75 Å². The fourth-order valence-corrected chi connectivity index (χ4v) is 3.70. The van der Waals surface area contributed by atoms with Crippen molar-refractivity contribution in [2.45, 2.75) is 49.7 Å². The summed E-state index contributed by atoms with van der Waals surface area (Å²) in [6.45, 7) is 8.43. The summed E-state index contributed by atoms with van der Waals surface area (Å²) < 4.78 is -0.501. The molecule has 1 nitrogen and oxygen atoms in total. The van der Waals surface area contributed by atoms with Gasteiger partial charge in [0.05, 0.1) is 4.75 Å². The van der Waals surface area contributed by atoms with Gasteiger partial charge in [-0.3, -0.25) is 0 Å². The summed E-state index contributed by atoms with van der Waals surface area (Å²) in [6, 6.07) is 18.7. The molecule has 0 saturated carbocycles. The Bertz CT molecular complexity index is 637. The minimum Gasteiger partial charge on any atom is -0.307 e. The molecule has 2 rings (SSSR count). The van der Waals surface area contributed by atoms with E-state index in [-0.39, 0.29) is 5.78 Å². The molecule has 126 valence electrons. The van der Waals surface area contributed by atoms with Crippen LogP contribution in [0.15, 0.2) is 53.4 Å². The predicted octanol–water partition coefficient (Wildman–Crippen LogP) is 5.75. The van der Waals surface area contributed by atoms with Crippen molar-refractivity contribution in [2.75, 3.05) is 0 Å². The molecular formula is C20H23CfOS-. The van der Waals surface area contributed by atoms with Crippen molar-refractivity contribution in [2.24, 2.45) is 0 Å². The summed E-state index contributed by atoms with van der Waals surface area (Å²) in [5.74, 6) is 0.646. The maximum absolute atomic E-state index is 12.8. The number of Topliss-reactive ketones (excluding diaryl/α,β-unsaturated/α-hetero) is 1. The number of carbonyl (C=O) groups is 1. The van der Waals surface area contributed by atoms with E-state index >= 15 is 0 Å². The zero-order valence-corrected chi connectivity index (χ0v) is 17.5. The summed E-state index contributed by atoms with van der Waals surface area (Å²) in [4.78, 5) is 14.0. The quantitative estimate of drug-likeness (QED) is 0.253. The van der Waals surface area contributed by atoms with Crippen LogP contribution in [0, 0.1) is 6.07 Å². The second kappa shape index (κ2) is 7.64. The SMILES string of the molecule is CCC(C)c1ccccc1SC(C)(C)C(=O)c1c[c-]ccc1.[Cf]. The minimum absolute atomic E-state index is 0. The van der Waals surface area contributed by atoms with Crippen molar-refractivity contribution in [3.8, 4) is 0 Å². The van der Waals surface area contributed by atoms with Crippen molar-refractivity contribution in [3.05, 3.63) is 65.7 Å². The van der Waals surface area contributed by atoms with Crippen LogP contribution >= 0.6 is 11.8 Å². The molecule has 0 N–H and O–H groups in total. The second-order valence-electron chi connectivity index (χ2n) is 6.08. The fraction of sp³-hybridized carbons (Fsp3) is 0.350. The fourth-order valence-electron chi connectivity index (χ4n) is 2.40. The van der Waals surface area contributed by atoms with Gasteiger partial charge in [0.25, 0.3) is 0 Å². The van der Waals surface area contributed by atoms with Crippen molar-refractivity contribution >= 4 is 17.5 Å². The van der Waals surface area contributed by atoms with Crippen LogP contribution in [0.3, 0.4) is 0 Å². The minimum atomic E-state index is -0.501. The Kier molecular flexibility index (Phi) is 6.15. The molecule has 0 aliphatic rings. The summed E-state index contributed by atoms with van der Waals surface area (Å²) in [5, 5.41) is 0. The number of thioether (sulfide) groups is 1. The summed E-state index contributed by atoms with van der Waals surface area (Å²) in [7, 11) is 0. The van der Waals surface area contributed by atoms with Gasteiger partial charge in [0.2, 0.25) is 0 Å². The molecule has 0 spiro atoms. The Morgan fingerprint density at radius 3 is 2.52 bits per heavy atom. The molecular weight excluding hydrogens is 539 g/mol. The molecule has 23 heavy (non-hydrogen) atoms. The van der Waals surface area contributed by atoms with Gasteiger partial charge in [-0.1, -0.05) is 37.6 Å². The van der Waals surface area contributed by atoms with Gasteiger partial charge in [-0.15, -0.1) is 11.8 Å². The van der Waals surface area contributed by atoms with Gasteiger partial charge in [0.15, 0.2) is 0 Å². The molecule has 0 amide bonds. The average molecular weight is 562 g/mol. The first kappa shape index (κ1) is 18.5. The first-order valence-corrected chi connectivity index (χ1v) is 8.56. The molecule has 0 aromatic heterocycles. The zero-order chi connectivity index (χ0) is 16.2. The number of hydrogen-bond donors (Lipinski definition) is 0. The van der Waals surface area contributed by atoms with E-state index in [1.54, 1.807) is 17.8 Å². The van der Waals surface area contributed by atoms with Gasteiger partial charge in [-0.2, -0.15) is 30.3 Å². The molecule has 1 atom stereocenters. The number of carbonyl (C=O) groups excluding carboxylic acids is 1. The van der Waals surface area contributed by atoms with Crippen LogP contribution in [0.1, 0.15) is 56.0 Å². The molecule has 0 fully saturated rings. The van der Waals surface area contributed by atoms with Crippen molar-refractivity contribution in [3.63, 3.8) is 0 Å². The molecule has 0 bridgehead atoms. The molecule has 2 aromatic carbocycles. The van der Waals surface area contributed by atoms with E-state index in [9.17, 15) is 4.79 Å². The number of benzene rings is 2. The largest absolute Gasteiger partial charge is 0.307 e. The average Bonchev–Trinajstić information content (AvgIpc) is 2.54. The maximum Gasteiger partial charge on any atom is 0.124 e. The Balaban J connectivity index is 0.00000264. The molecule has 0 radical (unpaired) electrons. The smallest absolute Gasteiger partial charge is 0.124 e. The van der Waals surface area contributed by atoms with Gasteiger partial charge in [-0.05, 0) is 37.8 Å². The van der Waals surface area contributed by atoms with Crippen molar-refractivity contribution in [1.29, 1.82) is 0 Å². The van der Waals surface area contributed by atoms with E-state index in [1.165, 1.54) is 10.5 Å². The standard InChI is InChI=1S/C20H23OS.Cf/c1-5-15(2)17-13-9-10-14-18(17)22-20(3,4)19(21)16-11-7-6-8-12-16;/h6-7,9-15H,5H2,1-4H3;/q-1;. The van der Waals surface area contributed by atoms with E-state index in [1.807, 2.05) is 38.1 Å². The Hall–Kier alpha value is -2.54. The van der Waals surface area contributed by atoms with Gasteiger partial charge < -0.3 is 4.79 Å². The third-order valence-corrected chi connectivity index (χ3v) is 5.23. The topological polar surface area (TPSA) is 17.1 Å². The van der Waals surface area contributed by atoms with Crippen LogP contribution in [0.25, 0.3) is 0 Å². The molecule has 3 heteroatoms. The summed E-state index contributed by atoms with van der Waals surface area (Å²) in [6.07, 6.45) is 1.10. The summed E-state index contributed by atoms with van der Waals surface area (Å²) >= 11 is 1.66. The van der Waals surface area contributed by atoms with Crippen LogP contribution in [0.5, 0.6) is 0 Å². The molecule has 2 aromatic rings. The van der Waals surface area contributed by atoms with Crippen LogP contribution < -0.4 is 0 Å². The van der Waals surface area contributed by atoms with Crippen LogP contribution in [0.4, 0.5) is 0 Å². The Labute approximate surface area is 138 Å². The van der Waals surface area contributed by atoms with Crippen LogP contribution in [0.2, 0.25) is 0 Å². The first-order chi connectivity index (χ1) is 10.5. The van der Waals surface area contributed by atoms with Crippen LogP contribution in [-0.4, -0.2) is 10.5 Å². The maximum atomic E-state index is 12.8. The zero-order valence-electron chi connectivity index (χ0n) is 14.0. The first-order valence-electron chi connectivity index (χ1n) is 7.74. The third-order valence-electron chi connectivity index (χ3n) is 3.94. The van der Waals surface area contributed by atoms with Gasteiger partial charge in [0, 0.05) is 4.90 Å². The number of rotatable bonds is 6. The van der Waals surface area contributed by atoms with E-state index in [0.29, 0.717) is 5.92 Å². The summed E-state index contributed by atoms with van der Waals surface area (Å²) in [5.41, 5.74) is 2.05. The van der Waals surface area contributed by atoms with Crippen LogP contribution in [-0.2, 0) is 0 Å². The molecule has 1 unspecified atom stereocenters. The predicted molar refractivity (Wildman–Crippen MR) is 94.7 cm³/mol. The van der Waals surface area contributed by atoms with E-state index in [4.69, 9.17) is 0 Å². The van der Waals surface area contributed by atoms with Gasteiger partial charge in [0.1, 0.15) is 5.78 Å². The Morgan fingerprint density at radius 1 is 1.22 bits per heavy atom. The van der Waals surface area contributed by atoms with Crippen molar-refractivity contribution < 1.29 is 4.79 Å². The normalized spacial score (nSPS) is 12.3. The second-order valence-corrected chi connectivity index (χ2v) is 7.75. The molecule has 0 saturated heterocycles. The van der Waals surface area contributed by atoms with E-state index in [2.05, 4.69) is 38.1 Å². The monoisotopic (exact) mass is 560 g/mol. The number of hydrogen-bond acceptors (Lipinski definition) is 2. The number of ketones is 1.